The van der Waals surface area contributed by atoms with Gasteiger partial charge in [0.2, 0.25) is 15.9 Å². The highest BCUT2D eigenvalue weighted by atomic mass is 32.2. The van der Waals surface area contributed by atoms with Gasteiger partial charge in [0.15, 0.2) is 0 Å². The molecule has 21 heavy (non-hydrogen) atoms. The Kier molecular flexibility index (Phi) is 5.68. The average Bonchev–Trinajstić information content (AvgIpc) is 2.43. The number of rotatable bonds is 8. The van der Waals surface area contributed by atoms with Crippen LogP contribution in [0.5, 0.6) is 0 Å². The number of nitrogens with two attached hydrogens (primary N) is 1. The molecular weight excluding hydrogens is 292 g/mol. The van der Waals surface area contributed by atoms with Crippen molar-refractivity contribution in [3.05, 3.63) is 18.3 Å². The molecule has 0 aliphatic carbocycles. The standard InChI is InChI=1S/C13H22N4O3S/c1-4-6-15-11-8-10(5-7-16-11)21(19,20)17-9-13(2,3)12(14)18/h5,7-8,17H,4,6,9H2,1-3H3,(H2,14,18)(H,15,16). The molecule has 8 heteroatoms. The van der Waals surface area contributed by atoms with Gasteiger partial charge in [-0.25, -0.2) is 18.1 Å². The third kappa shape index (κ3) is 4.98. The van der Waals surface area contributed by atoms with Crippen LogP contribution in [0.15, 0.2) is 23.2 Å². The van der Waals surface area contributed by atoms with Crippen molar-refractivity contribution in [3.63, 3.8) is 0 Å². The molecule has 118 valence electrons. The van der Waals surface area contributed by atoms with Crippen LogP contribution in [0.25, 0.3) is 0 Å². The minimum atomic E-state index is -3.71. The number of nitrogens with one attached hydrogen (secondary N) is 2. The van der Waals surface area contributed by atoms with E-state index < -0.39 is 21.3 Å². The van der Waals surface area contributed by atoms with E-state index in [1.807, 2.05) is 6.92 Å². The molecule has 0 aliphatic heterocycles. The predicted octanol–water partition coefficient (Wildman–Crippen LogP) is 0.693. The number of hydrogen-bond acceptors (Lipinski definition) is 5. The number of amides is 1. The van der Waals surface area contributed by atoms with Crippen LogP contribution in [-0.4, -0.2) is 32.4 Å². The summed E-state index contributed by atoms with van der Waals surface area (Å²) >= 11 is 0. The molecule has 0 saturated carbocycles. The highest BCUT2D eigenvalue weighted by molar-refractivity contribution is 7.89. The molecule has 0 fully saturated rings. The molecule has 1 aromatic heterocycles. The predicted molar refractivity (Wildman–Crippen MR) is 81.2 cm³/mol. The van der Waals surface area contributed by atoms with Crippen LogP contribution in [0.4, 0.5) is 5.82 Å². The molecule has 0 aromatic carbocycles. The normalized spacial score (nSPS) is 12.1. The SMILES string of the molecule is CCCNc1cc(S(=O)(=O)NCC(C)(C)C(N)=O)ccn1. The van der Waals surface area contributed by atoms with E-state index >= 15 is 0 Å². The van der Waals surface area contributed by atoms with Crippen LogP contribution in [-0.2, 0) is 14.8 Å². The van der Waals surface area contributed by atoms with Crippen molar-refractivity contribution < 1.29 is 13.2 Å². The number of carbonyl (C=O) groups is 1. The number of aromatic nitrogens is 1. The lowest BCUT2D eigenvalue weighted by Crippen LogP contribution is -2.42. The van der Waals surface area contributed by atoms with Crippen molar-refractivity contribution in [2.24, 2.45) is 11.1 Å². The van der Waals surface area contributed by atoms with Crippen molar-refractivity contribution in [2.75, 3.05) is 18.4 Å². The number of anilines is 1. The van der Waals surface area contributed by atoms with Crippen molar-refractivity contribution in [3.8, 4) is 0 Å². The Morgan fingerprint density at radius 1 is 1.43 bits per heavy atom. The highest BCUT2D eigenvalue weighted by Crippen LogP contribution is 2.16. The van der Waals surface area contributed by atoms with Crippen molar-refractivity contribution in [1.29, 1.82) is 0 Å². The minimum Gasteiger partial charge on any atom is -0.370 e. The number of nitrogens with zero attached hydrogens (tertiary/aromatic N) is 1. The lowest BCUT2D eigenvalue weighted by molar-refractivity contribution is -0.125. The molecule has 0 aliphatic rings. The molecule has 1 heterocycles. The fourth-order valence-electron chi connectivity index (χ4n) is 1.37. The van der Waals surface area contributed by atoms with Crippen molar-refractivity contribution in [1.82, 2.24) is 9.71 Å². The van der Waals surface area contributed by atoms with Gasteiger partial charge in [0.05, 0.1) is 10.3 Å². The summed E-state index contributed by atoms with van der Waals surface area (Å²) in [5.41, 5.74) is 4.27. The van der Waals surface area contributed by atoms with E-state index in [2.05, 4.69) is 15.0 Å². The molecule has 0 radical (unpaired) electrons. The summed E-state index contributed by atoms with van der Waals surface area (Å²) in [6.45, 7) is 5.81. The second-order valence-corrected chi connectivity index (χ2v) is 7.14. The van der Waals surface area contributed by atoms with Crippen LogP contribution >= 0.6 is 0 Å². The Hall–Kier alpha value is -1.67. The number of sulfonamides is 1. The molecule has 4 N–H and O–H groups in total. The second kappa shape index (κ2) is 6.86. The molecule has 1 amide bonds. The number of hydrogen-bond donors (Lipinski definition) is 3. The van der Waals surface area contributed by atoms with E-state index in [1.54, 1.807) is 13.8 Å². The van der Waals surface area contributed by atoms with Gasteiger partial charge in [0, 0.05) is 25.4 Å². The van der Waals surface area contributed by atoms with Crippen LogP contribution in [0, 0.1) is 5.41 Å². The van der Waals surface area contributed by atoms with Crippen molar-refractivity contribution >= 4 is 21.7 Å². The van der Waals surface area contributed by atoms with Gasteiger partial charge in [-0.05, 0) is 26.3 Å². The maximum atomic E-state index is 12.2. The van der Waals surface area contributed by atoms with Crippen LogP contribution in [0.3, 0.4) is 0 Å². The van der Waals surface area contributed by atoms with E-state index in [-0.39, 0.29) is 11.4 Å². The fraction of sp³-hybridized carbons (Fsp3) is 0.538. The Morgan fingerprint density at radius 2 is 2.10 bits per heavy atom. The first-order valence-corrected chi connectivity index (χ1v) is 8.17. The van der Waals surface area contributed by atoms with E-state index in [4.69, 9.17) is 5.73 Å². The Balaban J connectivity index is 2.85. The molecule has 1 aromatic rings. The Bertz CT molecular complexity index is 599. The molecular formula is C13H22N4O3S. The topological polar surface area (TPSA) is 114 Å². The molecule has 0 atom stereocenters. The second-order valence-electron chi connectivity index (χ2n) is 5.38. The summed E-state index contributed by atoms with van der Waals surface area (Å²) in [6, 6.07) is 2.85. The molecule has 1 rings (SSSR count). The lowest BCUT2D eigenvalue weighted by atomic mass is 9.93. The smallest absolute Gasteiger partial charge is 0.240 e. The maximum Gasteiger partial charge on any atom is 0.240 e. The van der Waals surface area contributed by atoms with Gasteiger partial charge in [0.25, 0.3) is 0 Å². The van der Waals surface area contributed by atoms with Crippen LogP contribution in [0.2, 0.25) is 0 Å². The zero-order valence-corrected chi connectivity index (χ0v) is 13.3. The Labute approximate surface area is 125 Å². The third-order valence-corrected chi connectivity index (χ3v) is 4.37. The number of primary amides is 1. The molecule has 0 bridgehead atoms. The zero-order chi connectivity index (χ0) is 16.1. The third-order valence-electron chi connectivity index (χ3n) is 2.97. The lowest BCUT2D eigenvalue weighted by Gasteiger charge is -2.20. The molecule has 0 spiro atoms. The summed E-state index contributed by atoms with van der Waals surface area (Å²) in [4.78, 5) is 15.4. The summed E-state index contributed by atoms with van der Waals surface area (Å²) in [7, 11) is -3.71. The van der Waals surface area contributed by atoms with Gasteiger partial charge in [-0.15, -0.1) is 0 Å². The van der Waals surface area contributed by atoms with Gasteiger partial charge in [-0.2, -0.15) is 0 Å². The number of carbonyl (C=O) groups excluding carboxylic acids is 1. The summed E-state index contributed by atoms with van der Waals surface area (Å²) in [5.74, 6) is -0.0703. The first-order chi connectivity index (χ1) is 9.69. The largest absolute Gasteiger partial charge is 0.370 e. The first kappa shape index (κ1) is 17.4. The summed E-state index contributed by atoms with van der Waals surface area (Å²) in [6.07, 6.45) is 2.33. The van der Waals surface area contributed by atoms with Crippen molar-refractivity contribution in [2.45, 2.75) is 32.1 Å². The van der Waals surface area contributed by atoms with Crippen LogP contribution in [0.1, 0.15) is 27.2 Å². The van der Waals surface area contributed by atoms with E-state index in [9.17, 15) is 13.2 Å². The van der Waals surface area contributed by atoms with Gasteiger partial charge in [-0.1, -0.05) is 6.92 Å². The van der Waals surface area contributed by atoms with Gasteiger partial charge in [0.1, 0.15) is 5.82 Å². The summed E-state index contributed by atoms with van der Waals surface area (Å²) in [5, 5.41) is 3.02. The minimum absolute atomic E-state index is 0.0648. The molecule has 0 unspecified atom stereocenters. The van der Waals surface area contributed by atoms with E-state index in [0.29, 0.717) is 12.4 Å². The average molecular weight is 314 g/mol. The van der Waals surface area contributed by atoms with Gasteiger partial charge >= 0.3 is 0 Å². The maximum absolute atomic E-state index is 12.2. The van der Waals surface area contributed by atoms with Gasteiger partial charge < -0.3 is 11.1 Å². The Morgan fingerprint density at radius 3 is 2.67 bits per heavy atom. The molecule has 0 saturated heterocycles. The zero-order valence-electron chi connectivity index (χ0n) is 12.5. The highest BCUT2D eigenvalue weighted by Gasteiger charge is 2.27. The van der Waals surface area contributed by atoms with E-state index in [0.717, 1.165) is 6.42 Å². The van der Waals surface area contributed by atoms with Gasteiger partial charge in [-0.3, -0.25) is 4.79 Å². The molecule has 7 nitrogen and oxygen atoms in total. The fourth-order valence-corrected chi connectivity index (χ4v) is 2.60. The monoisotopic (exact) mass is 314 g/mol. The quantitative estimate of drug-likeness (QED) is 0.653. The van der Waals surface area contributed by atoms with E-state index in [1.165, 1.54) is 18.3 Å². The van der Waals surface area contributed by atoms with Crippen LogP contribution < -0.4 is 15.8 Å². The first-order valence-electron chi connectivity index (χ1n) is 6.68. The summed E-state index contributed by atoms with van der Waals surface area (Å²) < 4.78 is 26.8. The number of pyridine rings is 1.